The van der Waals surface area contributed by atoms with Gasteiger partial charge in [-0.15, -0.1) is 0 Å². The van der Waals surface area contributed by atoms with Crippen LogP contribution in [0.1, 0.15) is 5.69 Å². The molecule has 0 amide bonds. The maximum absolute atomic E-state index is 5.68. The maximum Gasteiger partial charge on any atom is 0.161 e. The fraction of sp³-hybridized carbons (Fsp3) is 0.400. The molecule has 1 heterocycles. The van der Waals surface area contributed by atoms with Gasteiger partial charge in [-0.25, -0.2) is 0 Å². The Morgan fingerprint density at radius 2 is 1.95 bits per heavy atom. The Morgan fingerprint density at radius 3 is 2.65 bits per heavy atom. The molecule has 0 aliphatic heterocycles. The number of ether oxygens (including phenoxy) is 2. The van der Waals surface area contributed by atoms with E-state index in [0.29, 0.717) is 6.61 Å². The van der Waals surface area contributed by atoms with Gasteiger partial charge in [-0.1, -0.05) is 12.1 Å². The Balaban J connectivity index is 1.63. The highest BCUT2D eigenvalue weighted by molar-refractivity contribution is 5.39. The van der Waals surface area contributed by atoms with Gasteiger partial charge in [0.1, 0.15) is 6.61 Å². The van der Waals surface area contributed by atoms with E-state index in [1.165, 1.54) is 5.69 Å². The average molecular weight is 275 g/mol. The number of aryl methyl sites for hydroxylation is 1. The second-order valence-electron chi connectivity index (χ2n) is 4.45. The molecule has 0 radical (unpaired) electrons. The highest BCUT2D eigenvalue weighted by Gasteiger charge is 2.02. The van der Waals surface area contributed by atoms with Crippen molar-refractivity contribution in [2.24, 2.45) is 7.05 Å². The van der Waals surface area contributed by atoms with Crippen molar-refractivity contribution in [3.05, 3.63) is 42.2 Å². The summed E-state index contributed by atoms with van der Waals surface area (Å²) in [5, 5.41) is 7.49. The first-order chi connectivity index (χ1) is 9.81. The minimum Gasteiger partial charge on any atom is -0.493 e. The van der Waals surface area contributed by atoms with Crippen LogP contribution in [0.15, 0.2) is 36.5 Å². The number of benzene rings is 1. The fourth-order valence-corrected chi connectivity index (χ4v) is 1.96. The molecule has 0 bridgehead atoms. The third-order valence-corrected chi connectivity index (χ3v) is 3.09. The summed E-state index contributed by atoms with van der Waals surface area (Å²) in [4.78, 5) is 0. The summed E-state index contributed by atoms with van der Waals surface area (Å²) in [5.41, 5.74) is 1.23. The van der Waals surface area contributed by atoms with Crippen LogP contribution in [0.4, 0.5) is 0 Å². The number of methoxy groups -OCH3 is 1. The zero-order chi connectivity index (χ0) is 14.2. The zero-order valence-electron chi connectivity index (χ0n) is 12.0. The number of rotatable bonds is 8. The van der Waals surface area contributed by atoms with E-state index < -0.39 is 0 Å². The van der Waals surface area contributed by atoms with E-state index in [9.17, 15) is 0 Å². The Hall–Kier alpha value is -2.01. The van der Waals surface area contributed by atoms with Gasteiger partial charge in [-0.05, 0) is 18.2 Å². The molecule has 2 rings (SSSR count). The van der Waals surface area contributed by atoms with Gasteiger partial charge in [0.2, 0.25) is 0 Å². The lowest BCUT2D eigenvalue weighted by Crippen LogP contribution is -2.24. The van der Waals surface area contributed by atoms with Crippen molar-refractivity contribution < 1.29 is 9.47 Å². The van der Waals surface area contributed by atoms with Crippen molar-refractivity contribution in [2.45, 2.75) is 6.42 Å². The average Bonchev–Trinajstić information content (AvgIpc) is 2.88. The van der Waals surface area contributed by atoms with Crippen LogP contribution in [0.3, 0.4) is 0 Å². The lowest BCUT2D eigenvalue weighted by molar-refractivity contribution is 0.292. The lowest BCUT2D eigenvalue weighted by atomic mass is 10.3. The number of nitrogens with zero attached hydrogens (tertiary/aromatic N) is 2. The van der Waals surface area contributed by atoms with Crippen LogP contribution in [0.2, 0.25) is 0 Å². The highest BCUT2D eigenvalue weighted by atomic mass is 16.5. The van der Waals surface area contributed by atoms with Crippen LogP contribution in [0.5, 0.6) is 11.5 Å². The summed E-state index contributed by atoms with van der Waals surface area (Å²) in [6.07, 6.45) is 2.78. The monoisotopic (exact) mass is 275 g/mol. The van der Waals surface area contributed by atoms with Crippen molar-refractivity contribution in [3.8, 4) is 11.5 Å². The first-order valence-electron chi connectivity index (χ1n) is 6.74. The molecule has 5 heteroatoms. The number of hydrogen-bond acceptors (Lipinski definition) is 4. The molecule has 1 aromatic carbocycles. The molecule has 0 saturated carbocycles. The topological polar surface area (TPSA) is 48.3 Å². The minimum atomic E-state index is 0.617. The fourth-order valence-electron chi connectivity index (χ4n) is 1.96. The Labute approximate surface area is 119 Å². The molecule has 1 N–H and O–H groups in total. The van der Waals surface area contributed by atoms with E-state index >= 15 is 0 Å². The second-order valence-corrected chi connectivity index (χ2v) is 4.45. The predicted octanol–water partition coefficient (Wildman–Crippen LogP) is 1.64. The first kappa shape index (κ1) is 14.4. The van der Waals surface area contributed by atoms with Crippen LogP contribution in [-0.4, -0.2) is 36.6 Å². The van der Waals surface area contributed by atoms with Crippen LogP contribution in [0, 0.1) is 0 Å². The standard InChI is InChI=1S/C15H21N3O2/c1-18-13(8-10-17-18)7-9-16-11-12-20-15-6-4-3-5-14(15)19-2/h3-6,8,10,16H,7,9,11-12H2,1-2H3. The predicted molar refractivity (Wildman–Crippen MR) is 78.3 cm³/mol. The molecule has 0 saturated heterocycles. The van der Waals surface area contributed by atoms with Crippen LogP contribution >= 0.6 is 0 Å². The number of nitrogens with one attached hydrogen (secondary N) is 1. The summed E-state index contributed by atoms with van der Waals surface area (Å²) in [5.74, 6) is 1.55. The zero-order valence-corrected chi connectivity index (χ0v) is 12.0. The summed E-state index contributed by atoms with van der Waals surface area (Å²) in [6, 6.07) is 9.71. The van der Waals surface area contributed by atoms with E-state index in [1.54, 1.807) is 7.11 Å². The summed E-state index contributed by atoms with van der Waals surface area (Å²) >= 11 is 0. The largest absolute Gasteiger partial charge is 0.493 e. The van der Waals surface area contributed by atoms with Gasteiger partial charge < -0.3 is 14.8 Å². The molecule has 5 nitrogen and oxygen atoms in total. The van der Waals surface area contributed by atoms with Gasteiger partial charge in [0, 0.05) is 38.4 Å². The molecular weight excluding hydrogens is 254 g/mol. The Morgan fingerprint density at radius 1 is 1.15 bits per heavy atom. The van der Waals surface area contributed by atoms with Gasteiger partial charge in [0.05, 0.1) is 7.11 Å². The first-order valence-corrected chi connectivity index (χ1v) is 6.74. The number of aromatic nitrogens is 2. The third kappa shape index (κ3) is 3.99. The van der Waals surface area contributed by atoms with E-state index in [4.69, 9.17) is 9.47 Å². The van der Waals surface area contributed by atoms with E-state index in [2.05, 4.69) is 10.4 Å². The van der Waals surface area contributed by atoms with Crippen LogP contribution in [0.25, 0.3) is 0 Å². The highest BCUT2D eigenvalue weighted by Crippen LogP contribution is 2.25. The normalized spacial score (nSPS) is 10.5. The molecule has 108 valence electrons. The molecule has 2 aromatic rings. The maximum atomic E-state index is 5.68. The molecule has 1 aromatic heterocycles. The molecule has 20 heavy (non-hydrogen) atoms. The summed E-state index contributed by atoms with van der Waals surface area (Å²) < 4.78 is 12.8. The number of hydrogen-bond donors (Lipinski definition) is 1. The van der Waals surface area contributed by atoms with Crippen LogP contribution < -0.4 is 14.8 Å². The van der Waals surface area contributed by atoms with Gasteiger partial charge in [-0.2, -0.15) is 5.10 Å². The summed E-state index contributed by atoms with van der Waals surface area (Å²) in [6.45, 7) is 2.33. The molecule has 0 fully saturated rings. The van der Waals surface area contributed by atoms with Crippen LogP contribution in [-0.2, 0) is 13.5 Å². The molecule has 0 aliphatic carbocycles. The molecule has 0 spiro atoms. The Bertz CT molecular complexity index is 525. The van der Waals surface area contributed by atoms with Crippen molar-refractivity contribution in [1.82, 2.24) is 15.1 Å². The quantitative estimate of drug-likeness (QED) is 0.744. The van der Waals surface area contributed by atoms with E-state index in [-0.39, 0.29) is 0 Å². The SMILES string of the molecule is COc1ccccc1OCCNCCc1ccnn1C. The van der Waals surface area contributed by atoms with Gasteiger partial charge >= 0.3 is 0 Å². The van der Waals surface area contributed by atoms with Gasteiger partial charge in [-0.3, -0.25) is 4.68 Å². The molecular formula is C15H21N3O2. The molecule has 0 unspecified atom stereocenters. The molecule has 0 aliphatic rings. The lowest BCUT2D eigenvalue weighted by Gasteiger charge is -2.10. The smallest absolute Gasteiger partial charge is 0.161 e. The van der Waals surface area contributed by atoms with Gasteiger partial charge in [0.25, 0.3) is 0 Å². The number of para-hydroxylation sites is 2. The van der Waals surface area contributed by atoms with Crippen molar-refractivity contribution >= 4 is 0 Å². The van der Waals surface area contributed by atoms with Crippen molar-refractivity contribution in [2.75, 3.05) is 26.8 Å². The van der Waals surface area contributed by atoms with Crippen molar-refractivity contribution in [3.63, 3.8) is 0 Å². The van der Waals surface area contributed by atoms with Gasteiger partial charge in [0.15, 0.2) is 11.5 Å². The van der Waals surface area contributed by atoms with Crippen molar-refractivity contribution in [1.29, 1.82) is 0 Å². The van der Waals surface area contributed by atoms with E-state index in [0.717, 1.165) is 31.0 Å². The molecule has 0 atom stereocenters. The summed E-state index contributed by atoms with van der Waals surface area (Å²) in [7, 11) is 3.61. The third-order valence-electron chi connectivity index (χ3n) is 3.09. The minimum absolute atomic E-state index is 0.617. The second kappa shape index (κ2) is 7.55. The Kier molecular flexibility index (Phi) is 5.43. The van der Waals surface area contributed by atoms with E-state index in [1.807, 2.05) is 48.3 Å².